The average Bonchev–Trinajstić information content (AvgIpc) is 2.52. The summed E-state index contributed by atoms with van der Waals surface area (Å²) in [5.41, 5.74) is 5.75. The molecule has 0 spiro atoms. The van der Waals surface area contributed by atoms with Crippen LogP contribution in [0.15, 0.2) is 12.4 Å². The minimum Gasteiger partial charge on any atom is -0.480 e. The first kappa shape index (κ1) is 16.1. The second-order valence-corrected chi connectivity index (χ2v) is 4.93. The van der Waals surface area contributed by atoms with Crippen molar-refractivity contribution in [2.24, 2.45) is 5.73 Å². The first-order valence-corrected chi connectivity index (χ1v) is 6.94. The van der Waals surface area contributed by atoms with Crippen molar-refractivity contribution in [1.82, 2.24) is 15.3 Å². The normalized spacial score (nSPS) is 16.3. The van der Waals surface area contributed by atoms with Gasteiger partial charge in [0.25, 0.3) is 0 Å². The van der Waals surface area contributed by atoms with E-state index in [9.17, 15) is 9.59 Å². The topological polar surface area (TPSA) is 131 Å². The number of carbonyl (C=O) groups is 2. The highest BCUT2D eigenvalue weighted by molar-refractivity contribution is 5.83. The maximum Gasteiger partial charge on any atom is 0.321 e. The summed E-state index contributed by atoms with van der Waals surface area (Å²) in [6, 6.07) is -1.02. The Morgan fingerprint density at radius 1 is 1.36 bits per heavy atom. The average molecular weight is 309 g/mol. The van der Waals surface area contributed by atoms with Gasteiger partial charge in [0.05, 0.1) is 19.6 Å². The minimum atomic E-state index is -1.12. The number of ether oxygens (including phenoxy) is 1. The fourth-order valence-corrected chi connectivity index (χ4v) is 2.05. The molecule has 4 N–H and O–H groups in total. The van der Waals surface area contributed by atoms with Crippen LogP contribution in [0.5, 0.6) is 0 Å². The lowest BCUT2D eigenvalue weighted by molar-refractivity contribution is -0.141. The van der Waals surface area contributed by atoms with Crippen LogP contribution in [0.4, 0.5) is 5.95 Å². The van der Waals surface area contributed by atoms with E-state index in [1.54, 1.807) is 12.4 Å². The van der Waals surface area contributed by atoms with Crippen LogP contribution in [0.2, 0.25) is 0 Å². The Labute approximate surface area is 127 Å². The van der Waals surface area contributed by atoms with Gasteiger partial charge in [-0.3, -0.25) is 14.9 Å². The SMILES string of the molecule is NC(=O)C[C@H](NCc1cnc(N2CCOCC2)nc1)C(=O)O. The van der Waals surface area contributed by atoms with Gasteiger partial charge in [0, 0.05) is 37.6 Å². The van der Waals surface area contributed by atoms with Crippen molar-refractivity contribution in [2.75, 3.05) is 31.2 Å². The molecule has 0 saturated carbocycles. The Kier molecular flexibility index (Phi) is 5.61. The maximum absolute atomic E-state index is 11.0. The van der Waals surface area contributed by atoms with E-state index in [0.717, 1.165) is 18.7 Å². The van der Waals surface area contributed by atoms with Crippen LogP contribution in [0.3, 0.4) is 0 Å². The molecule has 1 amide bonds. The van der Waals surface area contributed by atoms with Crippen LogP contribution in [0, 0.1) is 0 Å². The van der Waals surface area contributed by atoms with Gasteiger partial charge in [-0.1, -0.05) is 0 Å². The summed E-state index contributed by atoms with van der Waals surface area (Å²) >= 11 is 0. The molecule has 22 heavy (non-hydrogen) atoms. The molecule has 1 atom stereocenters. The third-order valence-corrected chi connectivity index (χ3v) is 3.24. The van der Waals surface area contributed by atoms with E-state index in [1.807, 2.05) is 4.90 Å². The number of aliphatic carboxylic acids is 1. The number of rotatable bonds is 7. The first-order chi connectivity index (χ1) is 10.6. The van der Waals surface area contributed by atoms with Crippen LogP contribution in [-0.2, 0) is 20.9 Å². The largest absolute Gasteiger partial charge is 0.480 e. The molecule has 0 aliphatic carbocycles. The standard InChI is InChI=1S/C13H19N5O4/c14-11(19)5-10(12(20)21)15-6-9-7-16-13(17-8-9)18-1-3-22-4-2-18/h7-8,10,15H,1-6H2,(H2,14,19)(H,20,21)/t10-/m0/s1. The lowest BCUT2D eigenvalue weighted by Gasteiger charge is -2.26. The smallest absolute Gasteiger partial charge is 0.321 e. The summed E-state index contributed by atoms with van der Waals surface area (Å²) in [6.07, 6.45) is 3.00. The second kappa shape index (κ2) is 7.66. The monoisotopic (exact) mass is 309 g/mol. The first-order valence-electron chi connectivity index (χ1n) is 6.94. The van der Waals surface area contributed by atoms with E-state index in [0.29, 0.717) is 19.2 Å². The fourth-order valence-electron chi connectivity index (χ4n) is 2.05. The van der Waals surface area contributed by atoms with Gasteiger partial charge in [-0.25, -0.2) is 9.97 Å². The van der Waals surface area contributed by atoms with Crippen LogP contribution in [-0.4, -0.2) is 59.3 Å². The molecule has 2 heterocycles. The summed E-state index contributed by atoms with van der Waals surface area (Å²) in [4.78, 5) is 32.4. The molecule has 1 aliphatic rings. The molecular weight excluding hydrogens is 290 g/mol. The third-order valence-electron chi connectivity index (χ3n) is 3.24. The zero-order valence-electron chi connectivity index (χ0n) is 12.1. The minimum absolute atomic E-state index is 0.244. The summed E-state index contributed by atoms with van der Waals surface area (Å²) in [5, 5.41) is 11.7. The highest BCUT2D eigenvalue weighted by Gasteiger charge is 2.19. The Hall–Kier alpha value is -2.26. The van der Waals surface area contributed by atoms with Gasteiger partial charge in [-0.15, -0.1) is 0 Å². The van der Waals surface area contributed by atoms with Crippen LogP contribution in [0.1, 0.15) is 12.0 Å². The Morgan fingerprint density at radius 3 is 2.55 bits per heavy atom. The zero-order valence-corrected chi connectivity index (χ0v) is 12.1. The number of anilines is 1. The van der Waals surface area contributed by atoms with Crippen molar-refractivity contribution in [3.63, 3.8) is 0 Å². The maximum atomic E-state index is 11.0. The summed E-state index contributed by atoms with van der Waals surface area (Å²) in [5.74, 6) is -1.16. The number of hydrogen-bond donors (Lipinski definition) is 3. The van der Waals surface area contributed by atoms with Crippen molar-refractivity contribution in [1.29, 1.82) is 0 Å². The van der Waals surface area contributed by atoms with Crippen molar-refractivity contribution >= 4 is 17.8 Å². The molecule has 0 aromatic carbocycles. The highest BCUT2D eigenvalue weighted by Crippen LogP contribution is 2.09. The van der Waals surface area contributed by atoms with Gasteiger partial charge >= 0.3 is 5.97 Å². The van der Waals surface area contributed by atoms with E-state index < -0.39 is 17.9 Å². The lowest BCUT2D eigenvalue weighted by Crippen LogP contribution is -2.39. The van der Waals surface area contributed by atoms with Crippen molar-refractivity contribution in [2.45, 2.75) is 19.0 Å². The highest BCUT2D eigenvalue weighted by atomic mass is 16.5. The second-order valence-electron chi connectivity index (χ2n) is 4.93. The van der Waals surface area contributed by atoms with Gasteiger partial charge in [-0.05, 0) is 0 Å². The van der Waals surface area contributed by atoms with Gasteiger partial charge in [0.15, 0.2) is 0 Å². The molecule has 0 radical (unpaired) electrons. The van der Waals surface area contributed by atoms with E-state index in [4.69, 9.17) is 15.6 Å². The van der Waals surface area contributed by atoms with E-state index >= 15 is 0 Å². The predicted octanol–water partition coefficient (Wildman–Crippen LogP) is -1.27. The van der Waals surface area contributed by atoms with Crippen molar-refractivity contribution in [3.8, 4) is 0 Å². The van der Waals surface area contributed by atoms with Crippen molar-refractivity contribution < 1.29 is 19.4 Å². The number of carbonyl (C=O) groups excluding carboxylic acids is 1. The third kappa shape index (κ3) is 4.64. The zero-order chi connectivity index (χ0) is 15.9. The molecule has 1 fully saturated rings. The number of hydrogen-bond acceptors (Lipinski definition) is 7. The van der Waals surface area contributed by atoms with Crippen molar-refractivity contribution in [3.05, 3.63) is 18.0 Å². The number of aromatic nitrogens is 2. The Balaban J connectivity index is 1.90. The summed E-state index contributed by atoms with van der Waals surface area (Å²) < 4.78 is 5.26. The van der Waals surface area contributed by atoms with Crippen LogP contribution >= 0.6 is 0 Å². The summed E-state index contributed by atoms with van der Waals surface area (Å²) in [6.45, 7) is 3.04. The van der Waals surface area contributed by atoms with Gasteiger partial charge in [0.2, 0.25) is 11.9 Å². The number of carboxylic acids is 1. The van der Waals surface area contributed by atoms with Gasteiger partial charge in [0.1, 0.15) is 6.04 Å². The van der Waals surface area contributed by atoms with E-state index in [-0.39, 0.29) is 13.0 Å². The Bertz CT molecular complexity index is 516. The number of nitrogens with zero attached hydrogens (tertiary/aromatic N) is 3. The van der Waals surface area contributed by atoms with E-state index in [1.165, 1.54) is 0 Å². The fraction of sp³-hybridized carbons (Fsp3) is 0.538. The molecule has 0 bridgehead atoms. The molecule has 9 heteroatoms. The molecule has 2 rings (SSSR count). The number of amides is 1. The number of carboxylic acid groups (broad SMARTS) is 1. The number of primary amides is 1. The van der Waals surface area contributed by atoms with Crippen LogP contribution < -0.4 is 16.0 Å². The number of nitrogens with two attached hydrogens (primary N) is 1. The predicted molar refractivity (Wildman–Crippen MR) is 77.1 cm³/mol. The number of morpholine rings is 1. The summed E-state index contributed by atoms with van der Waals surface area (Å²) in [7, 11) is 0. The molecule has 1 aromatic heterocycles. The molecule has 0 unspecified atom stereocenters. The molecule has 1 aliphatic heterocycles. The molecular formula is C13H19N5O4. The van der Waals surface area contributed by atoms with Crippen LogP contribution in [0.25, 0.3) is 0 Å². The lowest BCUT2D eigenvalue weighted by atomic mass is 10.2. The molecule has 120 valence electrons. The Morgan fingerprint density at radius 2 is 2.00 bits per heavy atom. The van der Waals surface area contributed by atoms with E-state index in [2.05, 4.69) is 15.3 Å². The molecule has 1 aromatic rings. The molecule has 9 nitrogen and oxygen atoms in total. The van der Waals surface area contributed by atoms with Gasteiger partial charge in [-0.2, -0.15) is 0 Å². The molecule has 1 saturated heterocycles. The number of nitrogens with one attached hydrogen (secondary N) is 1. The van der Waals surface area contributed by atoms with Gasteiger partial charge < -0.3 is 20.5 Å². The quantitative estimate of drug-likeness (QED) is 0.568.